The zero-order valence-electron chi connectivity index (χ0n) is 17.1. The summed E-state index contributed by atoms with van der Waals surface area (Å²) in [7, 11) is 0. The maximum Gasteiger partial charge on any atom is 0.191 e. The summed E-state index contributed by atoms with van der Waals surface area (Å²) in [5.74, 6) is 1.73. The van der Waals surface area contributed by atoms with Crippen LogP contribution in [-0.2, 0) is 0 Å². The molecular formula is C20H42IN5. The van der Waals surface area contributed by atoms with Crippen molar-refractivity contribution in [1.82, 2.24) is 20.4 Å². The molecule has 6 heteroatoms. The first kappa shape index (κ1) is 24.0. The Labute approximate surface area is 178 Å². The van der Waals surface area contributed by atoms with Gasteiger partial charge in [0.05, 0.1) is 0 Å². The van der Waals surface area contributed by atoms with E-state index in [9.17, 15) is 0 Å². The number of hydrogen-bond acceptors (Lipinski definition) is 3. The van der Waals surface area contributed by atoms with Crippen molar-refractivity contribution >= 4 is 29.9 Å². The Kier molecular flexibility index (Phi) is 13.7. The van der Waals surface area contributed by atoms with Gasteiger partial charge in [-0.1, -0.05) is 19.8 Å². The monoisotopic (exact) mass is 479 g/mol. The van der Waals surface area contributed by atoms with E-state index in [4.69, 9.17) is 4.99 Å². The summed E-state index contributed by atoms with van der Waals surface area (Å²) in [5.41, 5.74) is 0. The Morgan fingerprint density at radius 2 is 1.69 bits per heavy atom. The van der Waals surface area contributed by atoms with Crippen molar-refractivity contribution < 1.29 is 0 Å². The average molecular weight is 479 g/mol. The van der Waals surface area contributed by atoms with Gasteiger partial charge in [-0.3, -0.25) is 4.99 Å². The van der Waals surface area contributed by atoms with E-state index in [1.165, 1.54) is 84.2 Å². The van der Waals surface area contributed by atoms with E-state index >= 15 is 0 Å². The molecule has 2 aliphatic rings. The SMILES string of the molecule is CCNC(=NCC1CCCN(CC)C1)NCCCN1CCCCCC1.I. The summed E-state index contributed by atoms with van der Waals surface area (Å²) in [6.45, 7) is 14.8. The highest BCUT2D eigenvalue weighted by Gasteiger charge is 2.18. The van der Waals surface area contributed by atoms with E-state index in [1.807, 2.05) is 0 Å². The Morgan fingerprint density at radius 3 is 2.38 bits per heavy atom. The number of aliphatic imine (C=N–C) groups is 1. The molecular weight excluding hydrogens is 437 g/mol. The van der Waals surface area contributed by atoms with Crippen molar-refractivity contribution in [3.05, 3.63) is 0 Å². The third kappa shape index (κ3) is 9.74. The molecule has 5 nitrogen and oxygen atoms in total. The smallest absolute Gasteiger partial charge is 0.191 e. The lowest BCUT2D eigenvalue weighted by Crippen LogP contribution is -2.40. The van der Waals surface area contributed by atoms with E-state index in [2.05, 4.69) is 34.3 Å². The lowest BCUT2D eigenvalue weighted by Gasteiger charge is -2.31. The van der Waals surface area contributed by atoms with E-state index in [0.717, 1.165) is 31.5 Å². The molecule has 1 unspecified atom stereocenters. The normalized spacial score (nSPS) is 23.2. The van der Waals surface area contributed by atoms with Gasteiger partial charge in [-0.05, 0) is 77.7 Å². The van der Waals surface area contributed by atoms with Gasteiger partial charge in [-0.2, -0.15) is 0 Å². The number of nitrogens with one attached hydrogen (secondary N) is 2. The second-order valence-corrected chi connectivity index (χ2v) is 7.66. The highest BCUT2D eigenvalue weighted by atomic mass is 127. The van der Waals surface area contributed by atoms with E-state index in [1.54, 1.807) is 0 Å². The molecule has 0 aromatic carbocycles. The summed E-state index contributed by atoms with van der Waals surface area (Å²) in [4.78, 5) is 10.1. The Bertz CT molecular complexity index is 369. The maximum atomic E-state index is 4.86. The molecule has 26 heavy (non-hydrogen) atoms. The second kappa shape index (κ2) is 14.9. The minimum atomic E-state index is 0. The van der Waals surface area contributed by atoms with Gasteiger partial charge in [0.1, 0.15) is 0 Å². The summed E-state index contributed by atoms with van der Waals surface area (Å²) in [5, 5.41) is 6.95. The van der Waals surface area contributed by atoms with Crippen LogP contribution >= 0.6 is 24.0 Å². The van der Waals surface area contributed by atoms with Gasteiger partial charge in [0, 0.05) is 26.2 Å². The highest BCUT2D eigenvalue weighted by molar-refractivity contribution is 14.0. The van der Waals surface area contributed by atoms with Crippen LogP contribution in [0.2, 0.25) is 0 Å². The molecule has 0 radical (unpaired) electrons. The summed E-state index contributed by atoms with van der Waals surface area (Å²) in [6.07, 6.45) is 9.46. The predicted octanol–water partition coefficient (Wildman–Crippen LogP) is 3.16. The molecule has 0 aliphatic carbocycles. The van der Waals surface area contributed by atoms with Crippen molar-refractivity contribution in [2.75, 3.05) is 58.9 Å². The lowest BCUT2D eigenvalue weighted by molar-refractivity contribution is 0.186. The predicted molar refractivity (Wildman–Crippen MR) is 124 cm³/mol. The van der Waals surface area contributed by atoms with E-state index in [-0.39, 0.29) is 24.0 Å². The zero-order chi connectivity index (χ0) is 17.7. The van der Waals surface area contributed by atoms with Crippen molar-refractivity contribution in [2.24, 2.45) is 10.9 Å². The Balaban J connectivity index is 0.00000338. The summed E-state index contributed by atoms with van der Waals surface area (Å²) in [6, 6.07) is 0. The van der Waals surface area contributed by atoms with Crippen LogP contribution in [0.4, 0.5) is 0 Å². The van der Waals surface area contributed by atoms with Gasteiger partial charge < -0.3 is 20.4 Å². The number of likely N-dealkylation sites (tertiary alicyclic amines) is 2. The number of hydrogen-bond donors (Lipinski definition) is 2. The fourth-order valence-corrected chi connectivity index (χ4v) is 4.02. The van der Waals surface area contributed by atoms with Crippen LogP contribution in [0.15, 0.2) is 4.99 Å². The first-order chi connectivity index (χ1) is 12.3. The molecule has 0 amide bonds. The first-order valence-corrected chi connectivity index (χ1v) is 10.8. The van der Waals surface area contributed by atoms with Crippen LogP contribution < -0.4 is 10.6 Å². The highest BCUT2D eigenvalue weighted by Crippen LogP contribution is 2.16. The fourth-order valence-electron chi connectivity index (χ4n) is 4.02. The van der Waals surface area contributed by atoms with Crippen molar-refractivity contribution in [3.8, 4) is 0 Å². The van der Waals surface area contributed by atoms with Gasteiger partial charge in [-0.25, -0.2) is 0 Å². The van der Waals surface area contributed by atoms with Crippen LogP contribution in [0.25, 0.3) is 0 Å². The molecule has 0 aromatic rings. The first-order valence-electron chi connectivity index (χ1n) is 10.8. The van der Waals surface area contributed by atoms with Gasteiger partial charge in [0.25, 0.3) is 0 Å². The van der Waals surface area contributed by atoms with Crippen LogP contribution in [-0.4, -0.2) is 74.7 Å². The minimum Gasteiger partial charge on any atom is -0.357 e. The number of piperidine rings is 1. The molecule has 154 valence electrons. The van der Waals surface area contributed by atoms with Crippen LogP contribution in [0.3, 0.4) is 0 Å². The van der Waals surface area contributed by atoms with Gasteiger partial charge in [0.2, 0.25) is 0 Å². The Morgan fingerprint density at radius 1 is 0.962 bits per heavy atom. The van der Waals surface area contributed by atoms with Crippen molar-refractivity contribution in [3.63, 3.8) is 0 Å². The molecule has 1 atom stereocenters. The van der Waals surface area contributed by atoms with Gasteiger partial charge in [-0.15, -0.1) is 24.0 Å². The van der Waals surface area contributed by atoms with E-state index < -0.39 is 0 Å². The maximum absolute atomic E-state index is 4.86. The molecule has 2 aliphatic heterocycles. The van der Waals surface area contributed by atoms with Crippen molar-refractivity contribution in [1.29, 1.82) is 0 Å². The third-order valence-electron chi connectivity index (χ3n) is 5.54. The molecule has 0 spiro atoms. The molecule has 2 fully saturated rings. The molecule has 2 rings (SSSR count). The molecule has 2 heterocycles. The van der Waals surface area contributed by atoms with Crippen LogP contribution in [0.5, 0.6) is 0 Å². The van der Waals surface area contributed by atoms with E-state index in [0.29, 0.717) is 0 Å². The molecule has 0 aromatic heterocycles. The number of guanidine groups is 1. The quantitative estimate of drug-likeness (QED) is 0.243. The van der Waals surface area contributed by atoms with Gasteiger partial charge in [0.15, 0.2) is 5.96 Å². The number of halogens is 1. The summed E-state index contributed by atoms with van der Waals surface area (Å²) < 4.78 is 0. The Hall–Kier alpha value is -0.0800. The fraction of sp³-hybridized carbons (Fsp3) is 0.950. The molecule has 0 saturated carbocycles. The molecule has 2 N–H and O–H groups in total. The van der Waals surface area contributed by atoms with Crippen LogP contribution in [0, 0.1) is 5.92 Å². The largest absolute Gasteiger partial charge is 0.357 e. The topological polar surface area (TPSA) is 42.9 Å². The van der Waals surface area contributed by atoms with Gasteiger partial charge >= 0.3 is 0 Å². The zero-order valence-corrected chi connectivity index (χ0v) is 19.5. The standard InChI is InChI=1S/C20H41N5.HI/c1-3-21-20(23-17-19-11-9-15-24(4-2)18-19)22-12-10-16-25-13-7-5-6-8-14-25;/h19H,3-18H2,1-2H3,(H2,21,22,23);1H. The second-order valence-electron chi connectivity index (χ2n) is 7.66. The minimum absolute atomic E-state index is 0. The number of rotatable bonds is 8. The average Bonchev–Trinajstić information content (AvgIpc) is 2.92. The van der Waals surface area contributed by atoms with Crippen LogP contribution in [0.1, 0.15) is 58.8 Å². The number of nitrogens with zero attached hydrogens (tertiary/aromatic N) is 3. The summed E-state index contributed by atoms with van der Waals surface area (Å²) >= 11 is 0. The van der Waals surface area contributed by atoms with Crippen molar-refractivity contribution in [2.45, 2.75) is 58.8 Å². The molecule has 2 saturated heterocycles. The third-order valence-corrected chi connectivity index (χ3v) is 5.54. The lowest BCUT2D eigenvalue weighted by atomic mass is 9.98. The molecule has 0 bridgehead atoms.